The van der Waals surface area contributed by atoms with Crippen LogP contribution in [0.5, 0.6) is 11.5 Å². The van der Waals surface area contributed by atoms with Gasteiger partial charge in [0.25, 0.3) is 0 Å². The Morgan fingerprint density at radius 3 is 2.29 bits per heavy atom. The van der Waals surface area contributed by atoms with Gasteiger partial charge in [-0.3, -0.25) is 4.98 Å². The van der Waals surface area contributed by atoms with E-state index < -0.39 is 12.0 Å². The number of nitrogens with one attached hydrogen (secondary N) is 1. The number of nitrogens with zero attached hydrogens (tertiary/aromatic N) is 4. The van der Waals surface area contributed by atoms with Gasteiger partial charge in [0.2, 0.25) is 0 Å². The number of benzene rings is 2. The first kappa shape index (κ1) is 26.4. The summed E-state index contributed by atoms with van der Waals surface area (Å²) in [5.41, 5.74) is 4.51. The van der Waals surface area contributed by atoms with E-state index in [1.54, 1.807) is 32.8 Å². The number of carboxylic acids is 1. The van der Waals surface area contributed by atoms with E-state index in [-0.39, 0.29) is 6.42 Å². The Labute approximate surface area is 222 Å². The molecular formula is C29H31N5O4. The number of likely N-dealkylation sites (N-methyl/N-ethyl adjacent to an activating group) is 1. The summed E-state index contributed by atoms with van der Waals surface area (Å²) in [6.45, 7) is 0.706. The van der Waals surface area contributed by atoms with Crippen molar-refractivity contribution >= 4 is 17.5 Å². The van der Waals surface area contributed by atoms with Gasteiger partial charge in [0, 0.05) is 32.4 Å². The molecule has 0 aliphatic heterocycles. The molecule has 0 bridgehead atoms. The number of anilines is 2. The molecule has 1 atom stereocenters. The summed E-state index contributed by atoms with van der Waals surface area (Å²) >= 11 is 0. The molecule has 0 fully saturated rings. The third-order valence-corrected chi connectivity index (χ3v) is 6.31. The molecule has 0 saturated carbocycles. The van der Waals surface area contributed by atoms with Gasteiger partial charge in [0.1, 0.15) is 23.9 Å². The van der Waals surface area contributed by atoms with E-state index in [9.17, 15) is 9.90 Å². The Morgan fingerprint density at radius 1 is 0.974 bits per heavy atom. The Hall–Kier alpha value is -4.66. The average molecular weight is 514 g/mol. The molecule has 2 aromatic heterocycles. The number of pyridine rings is 1. The lowest BCUT2D eigenvalue weighted by Gasteiger charge is -2.23. The van der Waals surface area contributed by atoms with E-state index in [2.05, 4.69) is 20.3 Å². The smallest absolute Gasteiger partial charge is 0.326 e. The molecule has 0 radical (unpaired) electrons. The molecule has 196 valence electrons. The van der Waals surface area contributed by atoms with E-state index in [1.165, 1.54) is 6.33 Å². The second-order valence-corrected chi connectivity index (χ2v) is 8.76. The highest BCUT2D eigenvalue weighted by Crippen LogP contribution is 2.38. The van der Waals surface area contributed by atoms with E-state index in [0.717, 1.165) is 34.4 Å². The molecule has 0 aliphatic carbocycles. The summed E-state index contributed by atoms with van der Waals surface area (Å²) in [4.78, 5) is 26.8. The maximum atomic E-state index is 12.2. The van der Waals surface area contributed by atoms with E-state index >= 15 is 0 Å². The van der Waals surface area contributed by atoms with Gasteiger partial charge >= 0.3 is 5.97 Å². The summed E-state index contributed by atoms with van der Waals surface area (Å²) in [6.07, 6.45) is 7.71. The van der Waals surface area contributed by atoms with Crippen LogP contribution >= 0.6 is 0 Å². The number of hydrogen-bond donors (Lipinski definition) is 2. The number of aromatic nitrogens is 3. The number of carbonyl (C=O) groups is 1. The molecule has 2 N–H and O–H groups in total. The van der Waals surface area contributed by atoms with Gasteiger partial charge in [-0.2, -0.15) is 0 Å². The fraction of sp³-hybridized carbons (Fsp3) is 0.241. The predicted molar refractivity (Wildman–Crippen MR) is 147 cm³/mol. The van der Waals surface area contributed by atoms with Crippen LogP contribution in [0.4, 0.5) is 11.5 Å². The second-order valence-electron chi connectivity index (χ2n) is 8.76. The standard InChI is InChI=1S/C29H31N5O4/c1-34(16-13-20-11-14-30-15-12-20)24-18-31-19-32-28(24)33-23(29(35)36)17-21-7-9-22(10-8-21)27-25(37-2)5-4-6-26(27)38-3/h4-12,14-15,18-19,23H,13,16-17H2,1-3H3,(H,35,36)(H,31,32,33)/t23-/m0/s1. The minimum absolute atomic E-state index is 0.267. The van der Waals surface area contributed by atoms with Gasteiger partial charge in [-0.15, -0.1) is 0 Å². The SMILES string of the molecule is COc1cccc(OC)c1-c1ccc(C[C@H](Nc2ncncc2N(C)CCc2ccncc2)C(=O)O)cc1. The fourth-order valence-corrected chi connectivity index (χ4v) is 4.22. The van der Waals surface area contributed by atoms with Crippen LogP contribution < -0.4 is 19.7 Å². The van der Waals surface area contributed by atoms with Crippen LogP contribution in [0.2, 0.25) is 0 Å². The highest BCUT2D eigenvalue weighted by molar-refractivity contribution is 5.80. The summed E-state index contributed by atoms with van der Waals surface area (Å²) in [7, 11) is 5.17. The van der Waals surface area contributed by atoms with Crippen LogP contribution in [0.3, 0.4) is 0 Å². The molecule has 4 aromatic rings. The molecule has 0 amide bonds. The molecule has 9 heteroatoms. The molecule has 0 saturated heterocycles. The zero-order chi connectivity index (χ0) is 26.9. The zero-order valence-electron chi connectivity index (χ0n) is 21.7. The van der Waals surface area contributed by atoms with Crippen molar-refractivity contribution in [3.8, 4) is 22.6 Å². The molecule has 4 rings (SSSR count). The number of aliphatic carboxylic acids is 1. The van der Waals surface area contributed by atoms with E-state index in [4.69, 9.17) is 9.47 Å². The van der Waals surface area contributed by atoms with Crippen LogP contribution in [0, 0.1) is 0 Å². The second kappa shape index (κ2) is 12.5. The van der Waals surface area contributed by atoms with Crippen molar-refractivity contribution < 1.29 is 19.4 Å². The first-order chi connectivity index (χ1) is 18.5. The number of rotatable bonds is 12. The van der Waals surface area contributed by atoms with Gasteiger partial charge < -0.3 is 24.8 Å². The predicted octanol–water partition coefficient (Wildman–Crippen LogP) is 4.34. The van der Waals surface area contributed by atoms with Crippen LogP contribution in [-0.2, 0) is 17.6 Å². The summed E-state index contributed by atoms with van der Waals surface area (Å²) < 4.78 is 11.0. The minimum atomic E-state index is -0.968. The van der Waals surface area contributed by atoms with E-state index in [0.29, 0.717) is 23.9 Å². The molecule has 2 heterocycles. The Morgan fingerprint density at radius 2 is 1.66 bits per heavy atom. The van der Waals surface area contributed by atoms with Crippen molar-refractivity contribution in [2.24, 2.45) is 0 Å². The quantitative estimate of drug-likeness (QED) is 0.286. The Kier molecular flexibility index (Phi) is 8.71. The molecular weight excluding hydrogens is 482 g/mol. The molecule has 38 heavy (non-hydrogen) atoms. The maximum absolute atomic E-state index is 12.2. The van der Waals surface area contributed by atoms with Gasteiger partial charge in [0.15, 0.2) is 5.82 Å². The monoisotopic (exact) mass is 513 g/mol. The summed E-state index contributed by atoms with van der Waals surface area (Å²) in [5.74, 6) is 0.905. The lowest BCUT2D eigenvalue weighted by atomic mass is 9.99. The molecule has 9 nitrogen and oxygen atoms in total. The average Bonchev–Trinajstić information content (AvgIpc) is 2.96. The minimum Gasteiger partial charge on any atom is -0.496 e. The van der Waals surface area contributed by atoms with E-state index in [1.807, 2.05) is 66.5 Å². The van der Waals surface area contributed by atoms with Crippen molar-refractivity contribution in [2.75, 3.05) is 38.0 Å². The van der Waals surface area contributed by atoms with Gasteiger partial charge in [0.05, 0.1) is 31.7 Å². The lowest BCUT2D eigenvalue weighted by molar-refractivity contribution is -0.137. The van der Waals surface area contributed by atoms with Crippen LogP contribution in [0.25, 0.3) is 11.1 Å². The number of ether oxygens (including phenoxy) is 2. The maximum Gasteiger partial charge on any atom is 0.326 e. The fourth-order valence-electron chi connectivity index (χ4n) is 4.22. The normalized spacial score (nSPS) is 11.4. The van der Waals surface area contributed by atoms with Crippen LogP contribution in [0.15, 0.2) is 79.5 Å². The largest absolute Gasteiger partial charge is 0.496 e. The highest BCUT2D eigenvalue weighted by Gasteiger charge is 2.21. The summed E-state index contributed by atoms with van der Waals surface area (Å²) in [5, 5.41) is 13.1. The molecule has 0 spiro atoms. The van der Waals surface area contributed by atoms with Gasteiger partial charge in [-0.1, -0.05) is 30.3 Å². The first-order valence-electron chi connectivity index (χ1n) is 12.2. The highest BCUT2D eigenvalue weighted by atomic mass is 16.5. The third-order valence-electron chi connectivity index (χ3n) is 6.31. The molecule has 2 aromatic carbocycles. The zero-order valence-corrected chi connectivity index (χ0v) is 21.7. The van der Waals surface area contributed by atoms with Crippen molar-refractivity contribution in [1.29, 1.82) is 0 Å². The topological polar surface area (TPSA) is 110 Å². The Bertz CT molecular complexity index is 1330. The first-order valence-corrected chi connectivity index (χ1v) is 12.2. The van der Waals surface area contributed by atoms with Crippen LogP contribution in [0.1, 0.15) is 11.1 Å². The molecule has 0 unspecified atom stereocenters. The van der Waals surface area contributed by atoms with Gasteiger partial charge in [-0.05, 0) is 47.4 Å². The van der Waals surface area contributed by atoms with Crippen molar-refractivity contribution in [1.82, 2.24) is 15.0 Å². The summed E-state index contributed by atoms with van der Waals surface area (Å²) in [6, 6.07) is 16.4. The third kappa shape index (κ3) is 6.36. The van der Waals surface area contributed by atoms with Crippen LogP contribution in [-0.4, -0.2) is 59.9 Å². The van der Waals surface area contributed by atoms with Crippen molar-refractivity contribution in [3.05, 3.63) is 90.6 Å². The Balaban J connectivity index is 1.49. The molecule has 0 aliphatic rings. The van der Waals surface area contributed by atoms with Crippen molar-refractivity contribution in [2.45, 2.75) is 18.9 Å². The number of carboxylic acid groups (broad SMARTS) is 1. The lowest BCUT2D eigenvalue weighted by Crippen LogP contribution is -2.33. The van der Waals surface area contributed by atoms with Crippen molar-refractivity contribution in [3.63, 3.8) is 0 Å². The number of hydrogen-bond acceptors (Lipinski definition) is 8. The number of methoxy groups -OCH3 is 2. The van der Waals surface area contributed by atoms with Gasteiger partial charge in [-0.25, -0.2) is 14.8 Å².